The number of benzene rings is 1. The van der Waals surface area contributed by atoms with E-state index in [0.717, 1.165) is 18.1 Å². The fourth-order valence-electron chi connectivity index (χ4n) is 1.77. The number of hydrogen-bond acceptors (Lipinski definition) is 3. The Kier molecular flexibility index (Phi) is 4.42. The van der Waals surface area contributed by atoms with Crippen molar-refractivity contribution in [2.75, 3.05) is 18.1 Å². The van der Waals surface area contributed by atoms with Crippen molar-refractivity contribution in [2.24, 2.45) is 0 Å². The topological polar surface area (TPSA) is 29.1 Å². The fraction of sp³-hybridized carbons (Fsp3) is 0.417. The van der Waals surface area contributed by atoms with E-state index in [1.54, 1.807) is 23.9 Å². The van der Waals surface area contributed by atoms with E-state index in [2.05, 4.69) is 5.32 Å². The Morgan fingerprint density at radius 1 is 1.59 bits per heavy atom. The van der Waals surface area contributed by atoms with Gasteiger partial charge in [-0.1, -0.05) is 23.7 Å². The third-order valence-corrected chi connectivity index (χ3v) is 4.06. The van der Waals surface area contributed by atoms with E-state index < -0.39 is 5.82 Å². The van der Waals surface area contributed by atoms with Crippen molar-refractivity contribution in [3.05, 3.63) is 34.6 Å². The molecule has 0 amide bonds. The second-order valence-electron chi connectivity index (χ2n) is 3.94. The predicted octanol–water partition coefficient (Wildman–Crippen LogP) is 2.30. The van der Waals surface area contributed by atoms with Crippen LogP contribution in [0.3, 0.4) is 0 Å². The molecule has 1 aromatic rings. The molecule has 1 unspecified atom stereocenters. The number of nitrogens with one attached hydrogen (secondary N) is 1. The molecule has 1 fully saturated rings. The molecule has 2 nitrogen and oxygen atoms in total. The SMILES string of the molecule is O=C(Cc1cccc(Cl)c1F)C1CSCCN1. The van der Waals surface area contributed by atoms with Crippen LogP contribution in [0.25, 0.3) is 0 Å². The first-order chi connectivity index (χ1) is 8.18. The van der Waals surface area contributed by atoms with E-state index in [9.17, 15) is 9.18 Å². The minimum absolute atomic E-state index is 0.0263. The maximum atomic E-state index is 13.6. The molecule has 17 heavy (non-hydrogen) atoms. The van der Waals surface area contributed by atoms with Gasteiger partial charge in [-0.25, -0.2) is 4.39 Å². The molecule has 0 spiro atoms. The highest BCUT2D eigenvalue weighted by atomic mass is 35.5. The molecule has 1 N–H and O–H groups in total. The lowest BCUT2D eigenvalue weighted by Crippen LogP contribution is -2.44. The zero-order chi connectivity index (χ0) is 12.3. The van der Waals surface area contributed by atoms with E-state index >= 15 is 0 Å². The van der Waals surface area contributed by atoms with E-state index in [1.165, 1.54) is 6.07 Å². The summed E-state index contributed by atoms with van der Waals surface area (Å²) in [5, 5.41) is 3.22. The summed E-state index contributed by atoms with van der Waals surface area (Å²) in [7, 11) is 0. The van der Waals surface area contributed by atoms with Gasteiger partial charge in [-0.3, -0.25) is 4.79 Å². The molecule has 1 saturated heterocycles. The number of ketones is 1. The highest BCUT2D eigenvalue weighted by Crippen LogP contribution is 2.19. The van der Waals surface area contributed by atoms with E-state index in [0.29, 0.717) is 5.56 Å². The number of halogens is 2. The summed E-state index contributed by atoms with van der Waals surface area (Å²) in [6.45, 7) is 0.832. The smallest absolute Gasteiger partial charge is 0.155 e. The zero-order valence-corrected chi connectivity index (χ0v) is 10.8. The summed E-state index contributed by atoms with van der Waals surface area (Å²) < 4.78 is 13.6. The summed E-state index contributed by atoms with van der Waals surface area (Å²) in [6, 6.07) is 4.60. The average molecular weight is 274 g/mol. The van der Waals surface area contributed by atoms with Crippen LogP contribution in [0.4, 0.5) is 4.39 Å². The zero-order valence-electron chi connectivity index (χ0n) is 9.21. The fourth-order valence-corrected chi connectivity index (χ4v) is 2.93. The second-order valence-corrected chi connectivity index (χ2v) is 5.49. The maximum absolute atomic E-state index is 13.6. The van der Waals surface area contributed by atoms with Gasteiger partial charge in [0.1, 0.15) is 5.82 Å². The van der Waals surface area contributed by atoms with Crippen LogP contribution in [0.5, 0.6) is 0 Å². The first-order valence-electron chi connectivity index (χ1n) is 5.45. The third-order valence-electron chi connectivity index (χ3n) is 2.71. The summed E-state index contributed by atoms with van der Waals surface area (Å²) in [5.41, 5.74) is 0.375. The molecular weight excluding hydrogens is 261 g/mol. The van der Waals surface area contributed by atoms with Gasteiger partial charge >= 0.3 is 0 Å². The number of rotatable bonds is 3. The lowest BCUT2D eigenvalue weighted by Gasteiger charge is -2.21. The van der Waals surface area contributed by atoms with Gasteiger partial charge in [-0.2, -0.15) is 11.8 Å². The lowest BCUT2D eigenvalue weighted by molar-refractivity contribution is -0.120. The molecule has 2 rings (SSSR count). The van der Waals surface area contributed by atoms with Crippen LogP contribution in [0, 0.1) is 5.82 Å². The number of hydrogen-bond donors (Lipinski definition) is 1. The van der Waals surface area contributed by atoms with E-state index in [4.69, 9.17) is 11.6 Å². The standard InChI is InChI=1S/C12H13ClFNOS/c13-9-3-1-2-8(12(9)14)6-11(16)10-7-17-5-4-15-10/h1-3,10,15H,4-7H2. The largest absolute Gasteiger partial charge is 0.306 e. The minimum Gasteiger partial charge on any atom is -0.306 e. The van der Waals surface area contributed by atoms with Crippen molar-refractivity contribution >= 4 is 29.1 Å². The van der Waals surface area contributed by atoms with E-state index in [-0.39, 0.29) is 23.3 Å². The Morgan fingerprint density at radius 2 is 2.41 bits per heavy atom. The maximum Gasteiger partial charge on any atom is 0.155 e. The van der Waals surface area contributed by atoms with Crippen LogP contribution in [0.1, 0.15) is 5.56 Å². The molecular formula is C12H13ClFNOS. The Morgan fingerprint density at radius 3 is 3.12 bits per heavy atom. The van der Waals surface area contributed by atoms with Gasteiger partial charge < -0.3 is 5.32 Å². The monoisotopic (exact) mass is 273 g/mol. The summed E-state index contributed by atoms with van der Waals surface area (Å²) in [6.07, 6.45) is 0.102. The van der Waals surface area contributed by atoms with Crippen molar-refractivity contribution in [1.29, 1.82) is 0 Å². The summed E-state index contributed by atoms with van der Waals surface area (Å²) in [5.74, 6) is 1.33. The highest BCUT2D eigenvalue weighted by Gasteiger charge is 2.22. The highest BCUT2D eigenvalue weighted by molar-refractivity contribution is 7.99. The molecule has 0 radical (unpaired) electrons. The van der Waals surface area contributed by atoms with Crippen LogP contribution in [-0.2, 0) is 11.2 Å². The van der Waals surface area contributed by atoms with Crippen molar-refractivity contribution in [3.8, 4) is 0 Å². The first kappa shape index (κ1) is 12.9. The second kappa shape index (κ2) is 5.85. The normalized spacial score (nSPS) is 20.2. The number of carbonyl (C=O) groups is 1. The Bertz CT molecular complexity index is 421. The molecule has 0 aliphatic carbocycles. The van der Waals surface area contributed by atoms with Crippen molar-refractivity contribution in [1.82, 2.24) is 5.32 Å². The molecule has 92 valence electrons. The third kappa shape index (κ3) is 3.21. The Labute approximate surface area is 109 Å². The van der Waals surface area contributed by atoms with Crippen molar-refractivity contribution < 1.29 is 9.18 Å². The Hall–Kier alpha value is -0.580. The molecule has 0 aromatic heterocycles. The lowest BCUT2D eigenvalue weighted by atomic mass is 10.0. The van der Waals surface area contributed by atoms with Crippen molar-refractivity contribution in [3.63, 3.8) is 0 Å². The number of thioether (sulfide) groups is 1. The van der Waals surface area contributed by atoms with Crippen LogP contribution in [0.15, 0.2) is 18.2 Å². The van der Waals surface area contributed by atoms with Gasteiger partial charge in [0, 0.05) is 24.5 Å². The Balaban J connectivity index is 2.04. The first-order valence-corrected chi connectivity index (χ1v) is 6.98. The van der Waals surface area contributed by atoms with Crippen LogP contribution in [0.2, 0.25) is 5.02 Å². The molecule has 1 aliphatic heterocycles. The van der Waals surface area contributed by atoms with Crippen molar-refractivity contribution in [2.45, 2.75) is 12.5 Å². The van der Waals surface area contributed by atoms with Gasteiger partial charge in [0.05, 0.1) is 11.1 Å². The predicted molar refractivity (Wildman–Crippen MR) is 69.2 cm³/mol. The van der Waals surface area contributed by atoms with Gasteiger partial charge in [-0.05, 0) is 11.6 Å². The molecule has 5 heteroatoms. The molecule has 1 heterocycles. The van der Waals surface area contributed by atoms with Crippen LogP contribution in [-0.4, -0.2) is 29.9 Å². The van der Waals surface area contributed by atoms with Gasteiger partial charge in [0.2, 0.25) is 0 Å². The number of carbonyl (C=O) groups excluding carboxylic acids is 1. The van der Waals surface area contributed by atoms with Gasteiger partial charge in [0.25, 0.3) is 0 Å². The average Bonchev–Trinajstić information content (AvgIpc) is 2.36. The van der Waals surface area contributed by atoms with E-state index in [1.807, 2.05) is 0 Å². The minimum atomic E-state index is -0.481. The summed E-state index contributed by atoms with van der Waals surface area (Å²) in [4.78, 5) is 11.9. The van der Waals surface area contributed by atoms with Crippen LogP contribution < -0.4 is 5.32 Å². The molecule has 0 saturated carbocycles. The summed E-state index contributed by atoms with van der Waals surface area (Å²) >= 11 is 7.42. The molecule has 0 bridgehead atoms. The molecule has 1 aliphatic rings. The molecule has 1 aromatic carbocycles. The van der Waals surface area contributed by atoms with Gasteiger partial charge in [-0.15, -0.1) is 0 Å². The van der Waals surface area contributed by atoms with Crippen LogP contribution >= 0.6 is 23.4 Å². The molecule has 1 atom stereocenters. The number of Topliss-reactive ketones (excluding diaryl/α,β-unsaturated/α-hetero) is 1. The quantitative estimate of drug-likeness (QED) is 0.916. The van der Waals surface area contributed by atoms with Gasteiger partial charge in [0.15, 0.2) is 5.78 Å².